The van der Waals surface area contributed by atoms with Gasteiger partial charge >= 0.3 is 0 Å². The fourth-order valence-electron chi connectivity index (χ4n) is 2.05. The predicted molar refractivity (Wildman–Crippen MR) is 72.0 cm³/mol. The first-order valence-corrected chi connectivity index (χ1v) is 6.44. The lowest BCUT2D eigenvalue weighted by Gasteiger charge is -2.20. The zero-order valence-corrected chi connectivity index (χ0v) is 10.4. The maximum atomic E-state index is 5.77. The molecule has 1 atom stereocenters. The first-order valence-electron chi connectivity index (χ1n) is 6.44. The van der Waals surface area contributed by atoms with E-state index >= 15 is 0 Å². The van der Waals surface area contributed by atoms with E-state index in [4.69, 9.17) is 5.73 Å². The standard InChI is InChI=1S/C14H21N3/c1-2-3-4-11-5-7-12(8-6-11)14-16-10-9-13(15)17-14/h5-8,14,16H,2-4,9-10H2,1H3,(H2,15,17). The molecule has 0 spiro atoms. The SMILES string of the molecule is CCCCc1ccc(C2N=C(N)CCN2)cc1. The van der Waals surface area contributed by atoms with Gasteiger partial charge in [-0.3, -0.25) is 5.32 Å². The average Bonchev–Trinajstić information content (AvgIpc) is 2.37. The molecular weight excluding hydrogens is 210 g/mol. The summed E-state index contributed by atoms with van der Waals surface area (Å²) in [4.78, 5) is 4.43. The van der Waals surface area contributed by atoms with E-state index in [0.29, 0.717) is 0 Å². The second-order valence-corrected chi connectivity index (χ2v) is 4.57. The third-order valence-corrected chi connectivity index (χ3v) is 3.13. The Kier molecular flexibility index (Phi) is 4.15. The quantitative estimate of drug-likeness (QED) is 0.836. The molecule has 0 aliphatic carbocycles. The van der Waals surface area contributed by atoms with Gasteiger partial charge in [0.15, 0.2) is 0 Å². The molecular formula is C14H21N3. The molecule has 0 saturated heterocycles. The molecule has 2 rings (SSSR count). The number of nitrogens with zero attached hydrogens (tertiary/aromatic N) is 1. The number of aryl methyl sites for hydroxylation is 1. The molecule has 1 heterocycles. The van der Waals surface area contributed by atoms with E-state index < -0.39 is 0 Å². The molecule has 3 nitrogen and oxygen atoms in total. The molecule has 1 aliphatic rings. The molecule has 0 fully saturated rings. The van der Waals surface area contributed by atoms with Crippen LogP contribution in [-0.4, -0.2) is 12.4 Å². The van der Waals surface area contributed by atoms with E-state index in [0.717, 1.165) is 18.8 Å². The summed E-state index contributed by atoms with van der Waals surface area (Å²) in [6.07, 6.45) is 4.56. The first kappa shape index (κ1) is 12.1. The van der Waals surface area contributed by atoms with Gasteiger partial charge < -0.3 is 5.73 Å². The highest BCUT2D eigenvalue weighted by Gasteiger charge is 2.13. The molecule has 0 aromatic heterocycles. The van der Waals surface area contributed by atoms with Crippen molar-refractivity contribution in [3.05, 3.63) is 35.4 Å². The maximum absolute atomic E-state index is 5.77. The Morgan fingerprint density at radius 1 is 1.35 bits per heavy atom. The molecule has 0 bridgehead atoms. The number of amidine groups is 1. The summed E-state index contributed by atoms with van der Waals surface area (Å²) in [7, 11) is 0. The van der Waals surface area contributed by atoms with Crippen molar-refractivity contribution in [3.63, 3.8) is 0 Å². The summed E-state index contributed by atoms with van der Waals surface area (Å²) in [6, 6.07) is 8.72. The number of hydrogen-bond acceptors (Lipinski definition) is 3. The number of hydrogen-bond donors (Lipinski definition) is 2. The molecule has 3 heteroatoms. The number of nitrogens with two attached hydrogens (primary N) is 1. The van der Waals surface area contributed by atoms with Gasteiger partial charge in [-0.2, -0.15) is 0 Å². The predicted octanol–water partition coefficient (Wildman–Crippen LogP) is 2.38. The van der Waals surface area contributed by atoms with E-state index in [9.17, 15) is 0 Å². The van der Waals surface area contributed by atoms with E-state index in [2.05, 4.69) is 41.5 Å². The second kappa shape index (κ2) is 5.82. The lowest BCUT2D eigenvalue weighted by Crippen LogP contribution is -2.32. The highest BCUT2D eigenvalue weighted by molar-refractivity contribution is 5.81. The van der Waals surface area contributed by atoms with Crippen LogP contribution in [0, 0.1) is 0 Å². The molecule has 3 N–H and O–H groups in total. The molecule has 1 aromatic carbocycles. The number of rotatable bonds is 4. The second-order valence-electron chi connectivity index (χ2n) is 4.57. The highest BCUT2D eigenvalue weighted by atomic mass is 15.1. The van der Waals surface area contributed by atoms with Crippen LogP contribution in [0.25, 0.3) is 0 Å². The number of nitrogens with one attached hydrogen (secondary N) is 1. The molecule has 1 aliphatic heterocycles. The summed E-state index contributed by atoms with van der Waals surface area (Å²) >= 11 is 0. The van der Waals surface area contributed by atoms with Crippen LogP contribution < -0.4 is 11.1 Å². The normalized spacial score (nSPS) is 20.1. The van der Waals surface area contributed by atoms with Crippen LogP contribution in [0.1, 0.15) is 43.5 Å². The number of aliphatic imine (C=N–C) groups is 1. The van der Waals surface area contributed by atoms with Gasteiger partial charge in [-0.1, -0.05) is 37.6 Å². The lowest BCUT2D eigenvalue weighted by molar-refractivity contribution is 0.539. The Balaban J connectivity index is 2.04. The van der Waals surface area contributed by atoms with Gasteiger partial charge in [-0.15, -0.1) is 0 Å². The van der Waals surface area contributed by atoms with Crippen molar-refractivity contribution in [1.29, 1.82) is 0 Å². The summed E-state index contributed by atoms with van der Waals surface area (Å²) in [5.74, 6) is 0.754. The van der Waals surface area contributed by atoms with Crippen molar-refractivity contribution in [1.82, 2.24) is 5.32 Å². The summed E-state index contributed by atoms with van der Waals surface area (Å²) < 4.78 is 0. The van der Waals surface area contributed by atoms with Gasteiger partial charge in [-0.05, 0) is 24.0 Å². The molecule has 17 heavy (non-hydrogen) atoms. The largest absolute Gasteiger partial charge is 0.387 e. The maximum Gasteiger partial charge on any atom is 0.127 e. The number of unbranched alkanes of at least 4 members (excludes halogenated alkanes) is 1. The third-order valence-electron chi connectivity index (χ3n) is 3.13. The van der Waals surface area contributed by atoms with Crippen LogP contribution in [0.3, 0.4) is 0 Å². The van der Waals surface area contributed by atoms with Crippen LogP contribution in [0.15, 0.2) is 29.3 Å². The topological polar surface area (TPSA) is 50.4 Å². The first-order chi connectivity index (χ1) is 8.29. The molecule has 1 aromatic rings. The van der Waals surface area contributed by atoms with Gasteiger partial charge in [0.2, 0.25) is 0 Å². The van der Waals surface area contributed by atoms with E-state index in [-0.39, 0.29) is 6.17 Å². The Morgan fingerprint density at radius 2 is 2.12 bits per heavy atom. The van der Waals surface area contributed by atoms with Crippen LogP contribution >= 0.6 is 0 Å². The zero-order chi connectivity index (χ0) is 12.1. The van der Waals surface area contributed by atoms with Gasteiger partial charge in [0.1, 0.15) is 6.17 Å². The van der Waals surface area contributed by atoms with Gasteiger partial charge in [0.25, 0.3) is 0 Å². The summed E-state index contributed by atoms with van der Waals surface area (Å²) in [6.45, 7) is 3.13. The van der Waals surface area contributed by atoms with Gasteiger partial charge in [-0.25, -0.2) is 4.99 Å². The van der Waals surface area contributed by atoms with Crippen molar-refractivity contribution < 1.29 is 0 Å². The van der Waals surface area contributed by atoms with Crippen molar-refractivity contribution >= 4 is 5.84 Å². The summed E-state index contributed by atoms with van der Waals surface area (Å²) in [5.41, 5.74) is 8.38. The van der Waals surface area contributed by atoms with E-state index in [1.54, 1.807) is 0 Å². The third kappa shape index (κ3) is 3.30. The van der Waals surface area contributed by atoms with Crippen molar-refractivity contribution in [2.24, 2.45) is 10.7 Å². The molecule has 92 valence electrons. The Labute approximate surface area is 103 Å². The van der Waals surface area contributed by atoms with Crippen molar-refractivity contribution in [2.75, 3.05) is 6.54 Å². The minimum absolute atomic E-state index is 0.0453. The Hall–Kier alpha value is -1.35. The van der Waals surface area contributed by atoms with Crippen LogP contribution in [0.5, 0.6) is 0 Å². The fourth-order valence-corrected chi connectivity index (χ4v) is 2.05. The lowest BCUT2D eigenvalue weighted by atomic mass is 10.0. The molecule has 0 amide bonds. The van der Waals surface area contributed by atoms with Gasteiger partial charge in [0, 0.05) is 13.0 Å². The minimum atomic E-state index is 0.0453. The molecule has 1 unspecified atom stereocenters. The van der Waals surface area contributed by atoms with Crippen LogP contribution in [-0.2, 0) is 6.42 Å². The average molecular weight is 231 g/mol. The molecule has 0 radical (unpaired) electrons. The van der Waals surface area contributed by atoms with Crippen molar-refractivity contribution in [3.8, 4) is 0 Å². The summed E-state index contributed by atoms with van der Waals surface area (Å²) in [5, 5.41) is 3.36. The van der Waals surface area contributed by atoms with Crippen molar-refractivity contribution in [2.45, 2.75) is 38.8 Å². The smallest absolute Gasteiger partial charge is 0.127 e. The zero-order valence-electron chi connectivity index (χ0n) is 10.4. The minimum Gasteiger partial charge on any atom is -0.387 e. The number of benzene rings is 1. The monoisotopic (exact) mass is 231 g/mol. The Morgan fingerprint density at radius 3 is 2.76 bits per heavy atom. The van der Waals surface area contributed by atoms with E-state index in [1.807, 2.05) is 0 Å². The van der Waals surface area contributed by atoms with E-state index in [1.165, 1.54) is 30.4 Å². The molecule has 0 saturated carbocycles. The Bertz CT molecular complexity index is 381. The van der Waals surface area contributed by atoms with Crippen LogP contribution in [0.4, 0.5) is 0 Å². The fraction of sp³-hybridized carbons (Fsp3) is 0.500. The van der Waals surface area contributed by atoms with Gasteiger partial charge in [0.05, 0.1) is 5.84 Å². The van der Waals surface area contributed by atoms with Crippen LogP contribution in [0.2, 0.25) is 0 Å². The highest BCUT2D eigenvalue weighted by Crippen LogP contribution is 2.18.